The maximum Gasteiger partial charge on any atom is 0.306 e. The Hall–Kier alpha value is -1.50. The maximum absolute atomic E-state index is 13.1. The fraction of sp³-hybridized carbons (Fsp3) is 0.964. The lowest BCUT2D eigenvalue weighted by Crippen LogP contribution is -2.61. The highest BCUT2D eigenvalue weighted by molar-refractivity contribution is 5.70. The first kappa shape index (κ1) is 65.6. The van der Waals surface area contributed by atoms with Crippen LogP contribution in [-0.4, -0.2) is 142 Å². The van der Waals surface area contributed by atoms with Crippen LogP contribution in [0.4, 0.5) is 0 Å². The van der Waals surface area contributed by atoms with E-state index in [1.54, 1.807) is 0 Å². The molecule has 4 unspecified atom stereocenters. The molecule has 0 radical (unpaired) electrons. The highest BCUT2D eigenvalue weighted by atomic mass is 16.7. The quantitative estimate of drug-likeness (QED) is 0.0222. The summed E-state index contributed by atoms with van der Waals surface area (Å²) in [5.41, 5.74) is 0. The van der Waals surface area contributed by atoms with E-state index in [4.69, 9.17) is 28.4 Å². The summed E-state index contributed by atoms with van der Waals surface area (Å²) in [7, 11) is 0. The summed E-state index contributed by atoms with van der Waals surface area (Å²) in [5, 5.41) is 72.2. The van der Waals surface area contributed by atoms with E-state index < -0.39 is 92.7 Å². The standard InChI is InChI=1S/C56H106O15/c1-3-5-7-9-11-13-15-17-18-19-20-21-22-23-24-25-27-29-31-33-35-37-39-48(59)69-44(41-66-47(58)38-36-34-32-30-28-26-16-14-12-10-8-6-4-2)42-67-55-54(65)52(63)50(61)46(71-55)43-68-56-53(64)51(62)49(60)45(40-57)70-56/h44-46,49-57,60-65H,3-43H2,1-2H3/t44-,45+,46+,49-,50-,51?,52?,53?,54?,55+,56+/m1/s1. The van der Waals surface area contributed by atoms with Crippen LogP contribution in [0.1, 0.15) is 251 Å². The molecular formula is C56H106O15. The van der Waals surface area contributed by atoms with Crippen LogP contribution in [0.15, 0.2) is 0 Å². The van der Waals surface area contributed by atoms with Crippen molar-refractivity contribution in [1.29, 1.82) is 0 Å². The molecule has 2 aliphatic rings. The Kier molecular flexibility index (Phi) is 40.4. The number of aliphatic hydroxyl groups is 7. The second-order valence-corrected chi connectivity index (χ2v) is 20.8. The van der Waals surface area contributed by atoms with Gasteiger partial charge >= 0.3 is 11.9 Å². The SMILES string of the molecule is CCCCCCCCCCCCCCCCCCCCCCCCC(=O)O[C@H](COC(=O)CCCCCCCCCCCCCCC)CO[C@H]1O[C@@H](CO[C@H]2O[C@@H](CO)[C@@H](O)C(O)C2O)[C@@H](O)C(O)C1O. The number of rotatable bonds is 47. The molecule has 15 heteroatoms. The first-order valence-corrected chi connectivity index (χ1v) is 29.1. The third kappa shape index (κ3) is 31.2. The molecule has 0 bridgehead atoms. The van der Waals surface area contributed by atoms with Gasteiger partial charge in [0.25, 0.3) is 0 Å². The fourth-order valence-electron chi connectivity index (χ4n) is 9.57. The van der Waals surface area contributed by atoms with Gasteiger partial charge in [-0.25, -0.2) is 0 Å². The number of hydrogen-bond acceptors (Lipinski definition) is 15. The van der Waals surface area contributed by atoms with Gasteiger partial charge in [-0.2, -0.15) is 0 Å². The van der Waals surface area contributed by atoms with Crippen LogP contribution in [0.3, 0.4) is 0 Å². The van der Waals surface area contributed by atoms with Crippen LogP contribution < -0.4 is 0 Å². The smallest absolute Gasteiger partial charge is 0.306 e. The first-order chi connectivity index (χ1) is 34.5. The summed E-state index contributed by atoms with van der Waals surface area (Å²) < 4.78 is 33.7. The van der Waals surface area contributed by atoms with Crippen LogP contribution in [0.2, 0.25) is 0 Å². The van der Waals surface area contributed by atoms with Crippen molar-refractivity contribution >= 4 is 11.9 Å². The van der Waals surface area contributed by atoms with Crippen LogP contribution in [-0.2, 0) is 38.0 Å². The predicted octanol–water partition coefficient (Wildman–Crippen LogP) is 9.56. The molecule has 2 rings (SSSR count). The van der Waals surface area contributed by atoms with Crippen molar-refractivity contribution < 1.29 is 73.8 Å². The lowest BCUT2D eigenvalue weighted by atomic mass is 9.98. The lowest BCUT2D eigenvalue weighted by Gasteiger charge is -2.42. The van der Waals surface area contributed by atoms with Crippen molar-refractivity contribution in [3.63, 3.8) is 0 Å². The second kappa shape index (κ2) is 43.7. The lowest BCUT2D eigenvalue weighted by molar-refractivity contribution is -0.332. The molecule has 0 aliphatic carbocycles. The van der Waals surface area contributed by atoms with E-state index in [1.165, 1.54) is 173 Å². The molecule has 15 nitrogen and oxygen atoms in total. The third-order valence-corrected chi connectivity index (χ3v) is 14.3. The molecule has 0 amide bonds. The van der Waals surface area contributed by atoms with Crippen molar-refractivity contribution in [3.8, 4) is 0 Å². The van der Waals surface area contributed by atoms with Crippen LogP contribution in [0, 0.1) is 0 Å². The molecule has 420 valence electrons. The van der Waals surface area contributed by atoms with Gasteiger partial charge in [-0.1, -0.05) is 226 Å². The zero-order valence-corrected chi connectivity index (χ0v) is 44.7. The Labute approximate surface area is 429 Å². The van der Waals surface area contributed by atoms with E-state index in [1.807, 2.05) is 0 Å². The monoisotopic (exact) mass is 1020 g/mol. The predicted molar refractivity (Wildman–Crippen MR) is 275 cm³/mol. The first-order valence-electron chi connectivity index (χ1n) is 29.1. The zero-order valence-electron chi connectivity index (χ0n) is 44.7. The van der Waals surface area contributed by atoms with Gasteiger partial charge in [-0.3, -0.25) is 9.59 Å². The average molecular weight is 1020 g/mol. The molecule has 0 spiro atoms. The van der Waals surface area contributed by atoms with Gasteiger partial charge < -0.3 is 64.2 Å². The zero-order chi connectivity index (χ0) is 51.7. The van der Waals surface area contributed by atoms with Gasteiger partial charge in [-0.05, 0) is 12.8 Å². The van der Waals surface area contributed by atoms with Gasteiger partial charge in [0.05, 0.1) is 19.8 Å². The number of unbranched alkanes of at least 4 members (excludes halogenated alkanes) is 33. The normalized spacial score (nSPS) is 25.1. The van der Waals surface area contributed by atoms with E-state index in [0.717, 1.165) is 38.5 Å². The Morgan fingerprint density at radius 1 is 0.394 bits per heavy atom. The Morgan fingerprint density at radius 3 is 1.10 bits per heavy atom. The third-order valence-electron chi connectivity index (χ3n) is 14.3. The second-order valence-electron chi connectivity index (χ2n) is 20.8. The Morgan fingerprint density at radius 2 is 0.718 bits per heavy atom. The minimum Gasteiger partial charge on any atom is -0.462 e. The molecule has 0 aromatic rings. The number of aliphatic hydroxyl groups excluding tert-OH is 7. The van der Waals surface area contributed by atoms with Gasteiger partial charge in [0.1, 0.15) is 55.4 Å². The van der Waals surface area contributed by atoms with E-state index in [0.29, 0.717) is 12.8 Å². The molecule has 0 aromatic heterocycles. The summed E-state index contributed by atoms with van der Waals surface area (Å²) in [5.74, 6) is -0.905. The number of carbonyl (C=O) groups excluding carboxylic acids is 2. The average Bonchev–Trinajstić information content (AvgIpc) is 3.36. The molecule has 2 fully saturated rings. The summed E-state index contributed by atoms with van der Waals surface area (Å²) in [4.78, 5) is 25.8. The largest absolute Gasteiger partial charge is 0.462 e. The van der Waals surface area contributed by atoms with Crippen molar-refractivity contribution in [3.05, 3.63) is 0 Å². The van der Waals surface area contributed by atoms with Crippen molar-refractivity contribution in [2.24, 2.45) is 0 Å². The van der Waals surface area contributed by atoms with Gasteiger partial charge in [0.2, 0.25) is 0 Å². The minimum absolute atomic E-state index is 0.174. The van der Waals surface area contributed by atoms with Crippen LogP contribution in [0.5, 0.6) is 0 Å². The maximum atomic E-state index is 13.1. The highest BCUT2D eigenvalue weighted by Gasteiger charge is 2.47. The molecule has 11 atom stereocenters. The van der Waals surface area contributed by atoms with E-state index in [2.05, 4.69) is 13.8 Å². The fourth-order valence-corrected chi connectivity index (χ4v) is 9.57. The van der Waals surface area contributed by atoms with Gasteiger partial charge in [0.15, 0.2) is 18.7 Å². The van der Waals surface area contributed by atoms with Crippen molar-refractivity contribution in [1.82, 2.24) is 0 Å². The molecule has 0 aromatic carbocycles. The molecule has 2 saturated heterocycles. The number of carbonyl (C=O) groups is 2. The topological polar surface area (TPSA) is 231 Å². The van der Waals surface area contributed by atoms with Crippen LogP contribution >= 0.6 is 0 Å². The summed E-state index contributed by atoms with van der Waals surface area (Å²) in [6.07, 6.45) is 27.0. The van der Waals surface area contributed by atoms with Crippen molar-refractivity contribution in [2.75, 3.05) is 26.4 Å². The minimum atomic E-state index is -1.76. The summed E-state index contributed by atoms with van der Waals surface area (Å²) in [6, 6.07) is 0. The molecule has 71 heavy (non-hydrogen) atoms. The van der Waals surface area contributed by atoms with Crippen molar-refractivity contribution in [2.45, 2.75) is 319 Å². The summed E-state index contributed by atoms with van der Waals surface area (Å²) in [6.45, 7) is 2.65. The van der Waals surface area contributed by atoms with E-state index in [9.17, 15) is 45.3 Å². The molecular weight excluding hydrogens is 913 g/mol. The van der Waals surface area contributed by atoms with E-state index in [-0.39, 0.29) is 26.1 Å². The number of esters is 2. The molecule has 0 saturated carbocycles. The Bertz CT molecular complexity index is 1240. The van der Waals surface area contributed by atoms with Gasteiger partial charge in [-0.15, -0.1) is 0 Å². The molecule has 7 N–H and O–H groups in total. The highest BCUT2D eigenvalue weighted by Crippen LogP contribution is 2.27. The molecule has 2 heterocycles. The van der Waals surface area contributed by atoms with Gasteiger partial charge in [0, 0.05) is 12.8 Å². The number of ether oxygens (including phenoxy) is 6. The number of hydrogen-bond donors (Lipinski definition) is 7. The Balaban J connectivity index is 1.72. The molecule has 2 aliphatic heterocycles. The van der Waals surface area contributed by atoms with Crippen LogP contribution in [0.25, 0.3) is 0 Å². The summed E-state index contributed by atoms with van der Waals surface area (Å²) >= 11 is 0. The van der Waals surface area contributed by atoms with E-state index >= 15 is 0 Å².